The Morgan fingerprint density at radius 1 is 1.00 bits per heavy atom. The normalized spacial score (nSPS) is 10.4. The molecule has 0 aromatic heterocycles. The summed E-state index contributed by atoms with van der Waals surface area (Å²) in [6, 6.07) is 3.95. The number of hydrogen-bond donors (Lipinski definition) is 2. The summed E-state index contributed by atoms with van der Waals surface area (Å²) in [7, 11) is 0. The van der Waals surface area contributed by atoms with E-state index in [-0.39, 0.29) is 11.3 Å². The van der Waals surface area contributed by atoms with Gasteiger partial charge in [0.25, 0.3) is 5.91 Å². The molecular formula is C13H8F4N2O. The van der Waals surface area contributed by atoms with Crippen molar-refractivity contribution in [3.8, 4) is 0 Å². The molecule has 0 unspecified atom stereocenters. The number of halogens is 4. The van der Waals surface area contributed by atoms with Crippen molar-refractivity contribution < 1.29 is 22.4 Å². The monoisotopic (exact) mass is 284 g/mol. The molecule has 0 spiro atoms. The molecule has 0 atom stereocenters. The molecule has 0 aliphatic heterocycles. The van der Waals surface area contributed by atoms with Gasteiger partial charge in [-0.05, 0) is 18.2 Å². The van der Waals surface area contributed by atoms with Crippen LogP contribution < -0.4 is 11.1 Å². The summed E-state index contributed by atoms with van der Waals surface area (Å²) < 4.78 is 52.3. The zero-order chi connectivity index (χ0) is 14.9. The van der Waals surface area contributed by atoms with Gasteiger partial charge in [-0.3, -0.25) is 4.79 Å². The molecular weight excluding hydrogens is 276 g/mol. The van der Waals surface area contributed by atoms with Crippen LogP contribution in [0.2, 0.25) is 0 Å². The number of rotatable bonds is 2. The van der Waals surface area contributed by atoms with Gasteiger partial charge in [-0.1, -0.05) is 0 Å². The predicted molar refractivity (Wildman–Crippen MR) is 65.1 cm³/mol. The van der Waals surface area contributed by atoms with Gasteiger partial charge >= 0.3 is 0 Å². The molecule has 7 heteroatoms. The molecule has 2 rings (SSSR count). The minimum atomic E-state index is -1.45. The fourth-order valence-corrected chi connectivity index (χ4v) is 1.56. The predicted octanol–water partition coefficient (Wildman–Crippen LogP) is 3.08. The largest absolute Gasteiger partial charge is 0.398 e. The average molecular weight is 284 g/mol. The molecule has 3 nitrogen and oxygen atoms in total. The van der Waals surface area contributed by atoms with Crippen LogP contribution in [0.4, 0.5) is 28.9 Å². The van der Waals surface area contributed by atoms with Crippen LogP contribution in [-0.2, 0) is 0 Å². The van der Waals surface area contributed by atoms with E-state index in [1.54, 1.807) is 0 Å². The molecule has 104 valence electrons. The van der Waals surface area contributed by atoms with Crippen molar-refractivity contribution in [2.24, 2.45) is 0 Å². The Hall–Kier alpha value is -2.57. The number of anilines is 2. The highest BCUT2D eigenvalue weighted by atomic mass is 19.2. The summed E-state index contributed by atoms with van der Waals surface area (Å²) in [6.07, 6.45) is 0. The standard InChI is InChI=1S/C13H8F4N2O/c14-6-1-2-10(18)8(3-6)13(20)19-11-5-7(15)4-9(16)12(11)17/h1-5H,18H2,(H,19,20). The van der Waals surface area contributed by atoms with Crippen LogP contribution in [-0.4, -0.2) is 5.91 Å². The van der Waals surface area contributed by atoms with E-state index in [2.05, 4.69) is 0 Å². The number of nitrogens with one attached hydrogen (secondary N) is 1. The van der Waals surface area contributed by atoms with E-state index < -0.39 is 34.9 Å². The van der Waals surface area contributed by atoms with E-state index >= 15 is 0 Å². The van der Waals surface area contributed by atoms with E-state index in [4.69, 9.17) is 5.73 Å². The van der Waals surface area contributed by atoms with Crippen LogP contribution in [0.1, 0.15) is 10.4 Å². The van der Waals surface area contributed by atoms with Crippen molar-refractivity contribution in [1.29, 1.82) is 0 Å². The Bertz CT molecular complexity index is 688. The molecule has 0 saturated carbocycles. The van der Waals surface area contributed by atoms with Crippen molar-refractivity contribution in [1.82, 2.24) is 0 Å². The van der Waals surface area contributed by atoms with Gasteiger partial charge in [0, 0.05) is 17.8 Å². The SMILES string of the molecule is Nc1ccc(F)cc1C(=O)Nc1cc(F)cc(F)c1F. The van der Waals surface area contributed by atoms with E-state index in [0.717, 1.165) is 18.2 Å². The summed E-state index contributed by atoms with van der Waals surface area (Å²) in [6.45, 7) is 0. The smallest absolute Gasteiger partial charge is 0.257 e. The number of carbonyl (C=O) groups excluding carboxylic acids is 1. The van der Waals surface area contributed by atoms with Crippen molar-refractivity contribution in [3.63, 3.8) is 0 Å². The first-order valence-electron chi connectivity index (χ1n) is 5.39. The van der Waals surface area contributed by atoms with E-state index in [1.165, 1.54) is 0 Å². The maximum atomic E-state index is 13.4. The zero-order valence-corrected chi connectivity index (χ0v) is 9.88. The Labute approximate surface area is 111 Å². The highest BCUT2D eigenvalue weighted by molar-refractivity contribution is 6.07. The van der Waals surface area contributed by atoms with Gasteiger partial charge in [0.15, 0.2) is 11.6 Å². The molecule has 20 heavy (non-hydrogen) atoms. The quantitative estimate of drug-likeness (QED) is 0.506. The van der Waals surface area contributed by atoms with E-state index in [9.17, 15) is 22.4 Å². The summed E-state index contributed by atoms with van der Waals surface area (Å²) in [4.78, 5) is 11.8. The molecule has 1 amide bonds. The minimum absolute atomic E-state index is 0.0545. The lowest BCUT2D eigenvalue weighted by Gasteiger charge is -2.09. The molecule has 0 heterocycles. The molecule has 0 aliphatic rings. The Morgan fingerprint density at radius 2 is 1.70 bits per heavy atom. The van der Waals surface area contributed by atoms with Gasteiger partial charge in [0.05, 0.1) is 11.3 Å². The second kappa shape index (κ2) is 5.20. The first kappa shape index (κ1) is 13.9. The number of amides is 1. The maximum Gasteiger partial charge on any atom is 0.257 e. The molecule has 0 saturated heterocycles. The minimum Gasteiger partial charge on any atom is -0.398 e. The number of nitrogen functional groups attached to an aromatic ring is 1. The van der Waals surface area contributed by atoms with Crippen molar-refractivity contribution in [3.05, 3.63) is 59.2 Å². The second-order valence-corrected chi connectivity index (χ2v) is 3.93. The topological polar surface area (TPSA) is 55.1 Å². The highest BCUT2D eigenvalue weighted by Crippen LogP contribution is 2.21. The lowest BCUT2D eigenvalue weighted by molar-refractivity contribution is 0.102. The van der Waals surface area contributed by atoms with Gasteiger partial charge in [0.1, 0.15) is 11.6 Å². The first-order chi connectivity index (χ1) is 9.38. The van der Waals surface area contributed by atoms with E-state index in [1.807, 2.05) is 5.32 Å². The van der Waals surface area contributed by atoms with Crippen molar-refractivity contribution >= 4 is 17.3 Å². The average Bonchev–Trinajstić information content (AvgIpc) is 2.38. The van der Waals surface area contributed by atoms with Crippen molar-refractivity contribution in [2.45, 2.75) is 0 Å². The number of benzene rings is 2. The fraction of sp³-hybridized carbons (Fsp3) is 0. The molecule has 0 fully saturated rings. The third kappa shape index (κ3) is 2.71. The third-order valence-electron chi connectivity index (χ3n) is 2.50. The van der Waals surface area contributed by atoms with Gasteiger partial charge in [-0.25, -0.2) is 17.6 Å². The lowest BCUT2D eigenvalue weighted by Crippen LogP contribution is -2.16. The van der Waals surface area contributed by atoms with E-state index in [0.29, 0.717) is 12.1 Å². The summed E-state index contributed by atoms with van der Waals surface area (Å²) in [5.74, 6) is -5.64. The molecule has 0 radical (unpaired) electrons. The second-order valence-electron chi connectivity index (χ2n) is 3.93. The highest BCUT2D eigenvalue weighted by Gasteiger charge is 2.16. The first-order valence-corrected chi connectivity index (χ1v) is 5.39. The maximum absolute atomic E-state index is 13.4. The van der Waals surface area contributed by atoms with Gasteiger partial charge in [-0.15, -0.1) is 0 Å². The molecule has 0 aliphatic carbocycles. The van der Waals surface area contributed by atoms with Gasteiger partial charge < -0.3 is 11.1 Å². The number of carbonyl (C=O) groups is 1. The van der Waals surface area contributed by atoms with Gasteiger partial charge in [-0.2, -0.15) is 0 Å². The number of nitrogens with two attached hydrogens (primary N) is 1. The third-order valence-corrected chi connectivity index (χ3v) is 2.50. The summed E-state index contributed by atoms with van der Waals surface area (Å²) in [5, 5.41) is 1.94. The van der Waals surface area contributed by atoms with Crippen molar-refractivity contribution in [2.75, 3.05) is 11.1 Å². The molecule has 2 aromatic carbocycles. The van der Waals surface area contributed by atoms with Crippen LogP contribution in [0.15, 0.2) is 30.3 Å². The van der Waals surface area contributed by atoms with Crippen LogP contribution in [0.5, 0.6) is 0 Å². The molecule has 0 bridgehead atoms. The lowest BCUT2D eigenvalue weighted by atomic mass is 10.1. The molecule has 2 aromatic rings. The molecule has 3 N–H and O–H groups in total. The Morgan fingerprint density at radius 3 is 2.40 bits per heavy atom. The number of hydrogen-bond acceptors (Lipinski definition) is 2. The fourth-order valence-electron chi connectivity index (χ4n) is 1.56. The van der Waals surface area contributed by atoms with Crippen LogP contribution in [0, 0.1) is 23.3 Å². The summed E-state index contributed by atoms with van der Waals surface area (Å²) >= 11 is 0. The van der Waals surface area contributed by atoms with Crippen LogP contribution in [0.25, 0.3) is 0 Å². The Kier molecular flexibility index (Phi) is 3.60. The summed E-state index contributed by atoms with van der Waals surface area (Å²) in [5.41, 5.74) is 4.45. The van der Waals surface area contributed by atoms with Gasteiger partial charge in [0.2, 0.25) is 0 Å². The van der Waals surface area contributed by atoms with Crippen LogP contribution >= 0.6 is 0 Å². The zero-order valence-electron chi connectivity index (χ0n) is 9.88. The van der Waals surface area contributed by atoms with Crippen LogP contribution in [0.3, 0.4) is 0 Å². The Balaban J connectivity index is 2.35.